The van der Waals surface area contributed by atoms with Gasteiger partial charge in [0.25, 0.3) is 5.69 Å². The minimum absolute atomic E-state index is 0.154. The number of morpholine rings is 1. The fourth-order valence-corrected chi connectivity index (χ4v) is 2.60. The lowest BCUT2D eigenvalue weighted by Crippen LogP contribution is -2.36. The van der Waals surface area contributed by atoms with Crippen LogP contribution in [0.3, 0.4) is 0 Å². The lowest BCUT2D eigenvalue weighted by Gasteiger charge is -2.29. The average molecular weight is 329 g/mol. The normalized spacial score (nSPS) is 14.7. The van der Waals surface area contributed by atoms with Gasteiger partial charge in [-0.05, 0) is 13.0 Å². The summed E-state index contributed by atoms with van der Waals surface area (Å²) in [6, 6.07) is 2.89. The predicted molar refractivity (Wildman–Crippen MR) is 81.5 cm³/mol. The van der Waals surface area contributed by atoms with E-state index >= 15 is 0 Å². The van der Waals surface area contributed by atoms with E-state index in [0.29, 0.717) is 42.6 Å². The standard InChI is InChI=1S/C14H17ClN2O5/c1-2-22-14(18)8-10-7-13(16-3-5-21-6-4-16)11(15)9-12(10)17(19)20/h7,9H,2-6,8H2,1H3. The molecule has 1 heterocycles. The first-order valence-corrected chi connectivity index (χ1v) is 7.35. The molecule has 1 aliphatic heterocycles. The van der Waals surface area contributed by atoms with E-state index in [1.807, 2.05) is 4.90 Å². The summed E-state index contributed by atoms with van der Waals surface area (Å²) in [5, 5.41) is 11.5. The molecule has 0 aliphatic carbocycles. The number of halogens is 1. The number of esters is 1. The zero-order chi connectivity index (χ0) is 16.1. The number of rotatable bonds is 5. The molecule has 1 aliphatic rings. The molecule has 8 heteroatoms. The van der Waals surface area contributed by atoms with Crippen molar-refractivity contribution in [1.29, 1.82) is 0 Å². The summed E-state index contributed by atoms with van der Waals surface area (Å²) < 4.78 is 10.2. The van der Waals surface area contributed by atoms with Gasteiger partial charge in [0, 0.05) is 24.7 Å². The van der Waals surface area contributed by atoms with Crippen molar-refractivity contribution in [1.82, 2.24) is 0 Å². The van der Waals surface area contributed by atoms with Gasteiger partial charge in [0.1, 0.15) is 0 Å². The molecule has 0 amide bonds. The highest BCUT2D eigenvalue weighted by Crippen LogP contribution is 2.34. The summed E-state index contributed by atoms with van der Waals surface area (Å²) in [7, 11) is 0. The Labute approximate surface area is 132 Å². The fraction of sp³-hybridized carbons (Fsp3) is 0.500. The van der Waals surface area contributed by atoms with Crippen LogP contribution in [-0.2, 0) is 20.7 Å². The van der Waals surface area contributed by atoms with Crippen LogP contribution in [0.1, 0.15) is 12.5 Å². The Balaban J connectivity index is 2.35. The van der Waals surface area contributed by atoms with Crippen LogP contribution in [0, 0.1) is 10.1 Å². The Morgan fingerprint density at radius 3 is 2.73 bits per heavy atom. The van der Waals surface area contributed by atoms with Crippen LogP contribution in [0.25, 0.3) is 0 Å². The molecule has 0 saturated carbocycles. The third-order valence-electron chi connectivity index (χ3n) is 3.34. The minimum atomic E-state index is -0.538. The SMILES string of the molecule is CCOC(=O)Cc1cc(N2CCOCC2)c(Cl)cc1[N+](=O)[O-]. The number of anilines is 1. The van der Waals surface area contributed by atoms with Crippen LogP contribution in [-0.4, -0.2) is 43.8 Å². The molecule has 1 fully saturated rings. The molecule has 0 unspecified atom stereocenters. The van der Waals surface area contributed by atoms with Crippen molar-refractivity contribution >= 4 is 28.9 Å². The first kappa shape index (κ1) is 16.5. The number of benzene rings is 1. The highest BCUT2D eigenvalue weighted by molar-refractivity contribution is 6.33. The van der Waals surface area contributed by atoms with E-state index < -0.39 is 10.9 Å². The Morgan fingerprint density at radius 2 is 2.14 bits per heavy atom. The molecule has 22 heavy (non-hydrogen) atoms. The lowest BCUT2D eigenvalue weighted by molar-refractivity contribution is -0.385. The second kappa shape index (κ2) is 7.42. The third kappa shape index (κ3) is 3.86. The number of carbonyl (C=O) groups excluding carboxylic acids is 1. The molecular weight excluding hydrogens is 312 g/mol. The van der Waals surface area contributed by atoms with Crippen LogP contribution in [0.5, 0.6) is 0 Å². The summed E-state index contributed by atoms with van der Waals surface area (Å²) in [5.41, 5.74) is 0.805. The van der Waals surface area contributed by atoms with E-state index in [-0.39, 0.29) is 18.7 Å². The zero-order valence-corrected chi connectivity index (χ0v) is 13.0. The van der Waals surface area contributed by atoms with E-state index in [1.54, 1.807) is 13.0 Å². The van der Waals surface area contributed by atoms with Crippen molar-refractivity contribution < 1.29 is 19.2 Å². The Morgan fingerprint density at radius 1 is 1.45 bits per heavy atom. The minimum Gasteiger partial charge on any atom is -0.466 e. The van der Waals surface area contributed by atoms with Gasteiger partial charge in [-0.3, -0.25) is 14.9 Å². The summed E-state index contributed by atoms with van der Waals surface area (Å²) in [6.07, 6.45) is -0.154. The summed E-state index contributed by atoms with van der Waals surface area (Å²) in [4.78, 5) is 24.3. The number of hydrogen-bond donors (Lipinski definition) is 0. The molecule has 0 bridgehead atoms. The van der Waals surface area contributed by atoms with Crippen LogP contribution in [0.4, 0.5) is 11.4 Å². The molecule has 1 aromatic carbocycles. The number of carbonyl (C=O) groups is 1. The number of nitrogens with zero attached hydrogens (tertiary/aromatic N) is 2. The lowest BCUT2D eigenvalue weighted by atomic mass is 10.1. The summed E-state index contributed by atoms with van der Waals surface area (Å²) >= 11 is 6.17. The van der Waals surface area contributed by atoms with Crippen molar-refractivity contribution in [2.24, 2.45) is 0 Å². The van der Waals surface area contributed by atoms with Crippen molar-refractivity contribution in [2.75, 3.05) is 37.8 Å². The van der Waals surface area contributed by atoms with E-state index in [2.05, 4.69) is 0 Å². The van der Waals surface area contributed by atoms with Gasteiger partial charge in [0.15, 0.2) is 0 Å². The summed E-state index contributed by atoms with van der Waals surface area (Å²) in [5.74, 6) is -0.499. The molecule has 0 N–H and O–H groups in total. The van der Waals surface area contributed by atoms with Gasteiger partial charge in [-0.2, -0.15) is 0 Å². The van der Waals surface area contributed by atoms with Crippen molar-refractivity contribution in [3.63, 3.8) is 0 Å². The Kier molecular flexibility index (Phi) is 5.57. The summed E-state index contributed by atoms with van der Waals surface area (Å²) in [6.45, 7) is 4.36. The number of ether oxygens (including phenoxy) is 2. The molecule has 0 radical (unpaired) electrons. The molecular formula is C14H17ClN2O5. The molecule has 120 valence electrons. The van der Waals surface area contributed by atoms with E-state index in [4.69, 9.17) is 21.1 Å². The fourth-order valence-electron chi connectivity index (χ4n) is 2.32. The molecule has 0 aromatic heterocycles. The van der Waals surface area contributed by atoms with Gasteiger partial charge in [-0.1, -0.05) is 11.6 Å². The van der Waals surface area contributed by atoms with Crippen molar-refractivity contribution in [3.05, 3.63) is 32.8 Å². The van der Waals surface area contributed by atoms with Crippen LogP contribution < -0.4 is 4.90 Å². The van der Waals surface area contributed by atoms with Crippen LogP contribution >= 0.6 is 11.6 Å². The molecule has 0 spiro atoms. The Bertz CT molecular complexity index is 573. The molecule has 7 nitrogen and oxygen atoms in total. The molecule has 2 rings (SSSR count). The van der Waals surface area contributed by atoms with Crippen molar-refractivity contribution in [2.45, 2.75) is 13.3 Å². The van der Waals surface area contributed by atoms with E-state index in [1.165, 1.54) is 6.07 Å². The smallest absolute Gasteiger partial charge is 0.310 e. The maximum atomic E-state index is 11.6. The largest absolute Gasteiger partial charge is 0.466 e. The maximum absolute atomic E-state index is 11.6. The maximum Gasteiger partial charge on any atom is 0.310 e. The first-order valence-electron chi connectivity index (χ1n) is 6.98. The van der Waals surface area contributed by atoms with Gasteiger partial charge >= 0.3 is 5.97 Å². The molecule has 1 aromatic rings. The number of hydrogen-bond acceptors (Lipinski definition) is 6. The van der Waals surface area contributed by atoms with Crippen molar-refractivity contribution in [3.8, 4) is 0 Å². The zero-order valence-electron chi connectivity index (χ0n) is 12.2. The first-order chi connectivity index (χ1) is 10.5. The second-order valence-corrected chi connectivity index (χ2v) is 5.18. The van der Waals surface area contributed by atoms with Crippen LogP contribution in [0.2, 0.25) is 5.02 Å². The predicted octanol–water partition coefficient (Wildman–Crippen LogP) is 2.19. The van der Waals surface area contributed by atoms with E-state index in [9.17, 15) is 14.9 Å². The highest BCUT2D eigenvalue weighted by atomic mass is 35.5. The Hall–Kier alpha value is -1.86. The second-order valence-electron chi connectivity index (χ2n) is 4.77. The highest BCUT2D eigenvalue weighted by Gasteiger charge is 2.23. The van der Waals surface area contributed by atoms with Gasteiger partial charge < -0.3 is 14.4 Å². The number of nitro groups is 1. The number of nitro benzene ring substituents is 1. The average Bonchev–Trinajstić information content (AvgIpc) is 2.49. The molecule has 0 atom stereocenters. The van der Waals surface area contributed by atoms with Gasteiger partial charge in [0.05, 0.1) is 41.9 Å². The topological polar surface area (TPSA) is 81.9 Å². The van der Waals surface area contributed by atoms with Crippen LogP contribution in [0.15, 0.2) is 12.1 Å². The van der Waals surface area contributed by atoms with E-state index in [0.717, 1.165) is 0 Å². The third-order valence-corrected chi connectivity index (χ3v) is 3.64. The van der Waals surface area contributed by atoms with Gasteiger partial charge in [-0.15, -0.1) is 0 Å². The molecule has 1 saturated heterocycles. The quantitative estimate of drug-likeness (QED) is 0.468. The van der Waals surface area contributed by atoms with Gasteiger partial charge in [0.2, 0.25) is 0 Å². The van der Waals surface area contributed by atoms with Gasteiger partial charge in [-0.25, -0.2) is 0 Å². The monoisotopic (exact) mass is 328 g/mol.